The summed E-state index contributed by atoms with van der Waals surface area (Å²) in [4.78, 5) is 12.3. The van der Waals surface area contributed by atoms with Crippen LogP contribution >= 0.6 is 11.6 Å². The standard InChI is InChI=1S/C9H12ClN5O/c1-11-7-6-8(14-9(10)13-7)12-5-15(6)3-4-16-2/h5H,3-4H2,1-2H3,(H,11,13,14). The zero-order valence-corrected chi connectivity index (χ0v) is 9.82. The van der Waals surface area contributed by atoms with Gasteiger partial charge in [0.2, 0.25) is 5.28 Å². The van der Waals surface area contributed by atoms with Gasteiger partial charge < -0.3 is 14.6 Å². The molecule has 0 saturated carbocycles. The number of halogens is 1. The second-order valence-electron chi connectivity index (χ2n) is 3.19. The van der Waals surface area contributed by atoms with E-state index in [0.29, 0.717) is 24.6 Å². The molecule has 0 radical (unpaired) electrons. The van der Waals surface area contributed by atoms with Crippen LogP contribution in [0.1, 0.15) is 0 Å². The lowest BCUT2D eigenvalue weighted by atomic mass is 10.4. The highest BCUT2D eigenvalue weighted by molar-refractivity contribution is 6.28. The summed E-state index contributed by atoms with van der Waals surface area (Å²) in [6, 6.07) is 0. The Hall–Kier alpha value is -1.40. The minimum absolute atomic E-state index is 0.189. The van der Waals surface area contributed by atoms with Gasteiger partial charge in [0.25, 0.3) is 0 Å². The van der Waals surface area contributed by atoms with Crippen LogP contribution in [0, 0.1) is 0 Å². The van der Waals surface area contributed by atoms with Gasteiger partial charge in [-0.3, -0.25) is 0 Å². The number of nitrogens with one attached hydrogen (secondary N) is 1. The lowest BCUT2D eigenvalue weighted by Crippen LogP contribution is -2.05. The number of imidazole rings is 1. The summed E-state index contributed by atoms with van der Waals surface area (Å²) in [5.74, 6) is 0.670. The Kier molecular flexibility index (Phi) is 3.21. The van der Waals surface area contributed by atoms with Crippen molar-refractivity contribution in [2.75, 3.05) is 26.1 Å². The third kappa shape index (κ3) is 1.94. The second-order valence-corrected chi connectivity index (χ2v) is 3.53. The van der Waals surface area contributed by atoms with Gasteiger partial charge in [0.05, 0.1) is 12.9 Å². The van der Waals surface area contributed by atoms with E-state index in [1.807, 2.05) is 4.57 Å². The van der Waals surface area contributed by atoms with Crippen molar-refractivity contribution in [3.63, 3.8) is 0 Å². The van der Waals surface area contributed by atoms with Gasteiger partial charge in [0.1, 0.15) is 5.52 Å². The number of anilines is 1. The minimum atomic E-state index is 0.189. The van der Waals surface area contributed by atoms with Crippen LogP contribution in [-0.4, -0.2) is 40.3 Å². The molecule has 0 bridgehead atoms. The average Bonchev–Trinajstić information content (AvgIpc) is 2.68. The summed E-state index contributed by atoms with van der Waals surface area (Å²) in [6.07, 6.45) is 1.70. The predicted octanol–water partition coefficient (Wildman–Crippen LogP) is 1.17. The van der Waals surface area contributed by atoms with Gasteiger partial charge in [-0.25, -0.2) is 4.98 Å². The van der Waals surface area contributed by atoms with Gasteiger partial charge in [-0.05, 0) is 11.6 Å². The number of ether oxygens (including phenoxy) is 1. The van der Waals surface area contributed by atoms with Crippen molar-refractivity contribution in [1.29, 1.82) is 0 Å². The molecule has 0 atom stereocenters. The smallest absolute Gasteiger partial charge is 0.226 e. The normalized spacial score (nSPS) is 10.9. The lowest BCUT2D eigenvalue weighted by molar-refractivity contribution is 0.188. The fourth-order valence-corrected chi connectivity index (χ4v) is 1.65. The first-order valence-corrected chi connectivity index (χ1v) is 5.19. The van der Waals surface area contributed by atoms with Crippen molar-refractivity contribution in [2.45, 2.75) is 6.54 Å². The van der Waals surface area contributed by atoms with Crippen LogP contribution < -0.4 is 5.32 Å². The van der Waals surface area contributed by atoms with E-state index in [4.69, 9.17) is 16.3 Å². The van der Waals surface area contributed by atoms with Gasteiger partial charge in [-0.1, -0.05) is 0 Å². The quantitative estimate of drug-likeness (QED) is 0.814. The number of fused-ring (bicyclic) bond motifs is 1. The van der Waals surface area contributed by atoms with E-state index in [0.717, 1.165) is 5.52 Å². The van der Waals surface area contributed by atoms with Gasteiger partial charge >= 0.3 is 0 Å². The Morgan fingerprint density at radius 1 is 1.50 bits per heavy atom. The summed E-state index contributed by atoms with van der Waals surface area (Å²) < 4.78 is 6.96. The summed E-state index contributed by atoms with van der Waals surface area (Å²) in [6.45, 7) is 1.31. The first kappa shape index (κ1) is 11.1. The maximum atomic E-state index is 5.78. The number of rotatable bonds is 4. The van der Waals surface area contributed by atoms with Gasteiger partial charge in [-0.2, -0.15) is 9.97 Å². The van der Waals surface area contributed by atoms with Crippen molar-refractivity contribution in [1.82, 2.24) is 19.5 Å². The molecule has 0 saturated heterocycles. The summed E-state index contributed by atoms with van der Waals surface area (Å²) in [5, 5.41) is 3.17. The van der Waals surface area contributed by atoms with E-state index in [-0.39, 0.29) is 5.28 Å². The average molecular weight is 242 g/mol. The Morgan fingerprint density at radius 2 is 2.31 bits per heavy atom. The zero-order chi connectivity index (χ0) is 11.5. The van der Waals surface area contributed by atoms with Crippen LogP contribution in [-0.2, 0) is 11.3 Å². The van der Waals surface area contributed by atoms with Crippen LogP contribution in [0.3, 0.4) is 0 Å². The highest BCUT2D eigenvalue weighted by Crippen LogP contribution is 2.20. The molecule has 7 heteroatoms. The highest BCUT2D eigenvalue weighted by Gasteiger charge is 2.11. The van der Waals surface area contributed by atoms with Crippen LogP contribution in [0.4, 0.5) is 5.82 Å². The lowest BCUT2D eigenvalue weighted by Gasteiger charge is -2.06. The predicted molar refractivity (Wildman–Crippen MR) is 61.8 cm³/mol. The number of hydrogen-bond acceptors (Lipinski definition) is 5. The van der Waals surface area contributed by atoms with E-state index in [1.54, 1.807) is 20.5 Å². The molecule has 2 aromatic heterocycles. The van der Waals surface area contributed by atoms with E-state index in [9.17, 15) is 0 Å². The molecule has 0 aliphatic heterocycles. The topological polar surface area (TPSA) is 64.9 Å². The molecular formula is C9H12ClN5O. The van der Waals surface area contributed by atoms with Crippen LogP contribution in [0.2, 0.25) is 5.28 Å². The molecule has 16 heavy (non-hydrogen) atoms. The minimum Gasteiger partial charge on any atom is -0.383 e. The molecule has 0 aliphatic rings. The third-order valence-corrected chi connectivity index (χ3v) is 2.39. The number of hydrogen-bond donors (Lipinski definition) is 1. The zero-order valence-electron chi connectivity index (χ0n) is 9.07. The molecule has 6 nitrogen and oxygen atoms in total. The Bertz CT molecular complexity index is 498. The van der Waals surface area contributed by atoms with E-state index < -0.39 is 0 Å². The molecule has 0 amide bonds. The molecule has 0 aliphatic carbocycles. The van der Waals surface area contributed by atoms with Crippen molar-refractivity contribution in [3.8, 4) is 0 Å². The van der Waals surface area contributed by atoms with E-state index in [2.05, 4.69) is 20.3 Å². The van der Waals surface area contributed by atoms with Crippen LogP contribution in [0.15, 0.2) is 6.33 Å². The van der Waals surface area contributed by atoms with Gasteiger partial charge in [0.15, 0.2) is 11.5 Å². The molecule has 2 rings (SSSR count). The van der Waals surface area contributed by atoms with Crippen LogP contribution in [0.5, 0.6) is 0 Å². The number of aromatic nitrogens is 4. The molecule has 0 aromatic carbocycles. The van der Waals surface area contributed by atoms with Crippen LogP contribution in [0.25, 0.3) is 11.2 Å². The first-order chi connectivity index (χ1) is 7.76. The number of nitrogens with zero attached hydrogens (tertiary/aromatic N) is 4. The van der Waals surface area contributed by atoms with Crippen molar-refractivity contribution >= 4 is 28.6 Å². The van der Waals surface area contributed by atoms with Crippen molar-refractivity contribution in [2.24, 2.45) is 0 Å². The second kappa shape index (κ2) is 4.63. The molecule has 86 valence electrons. The van der Waals surface area contributed by atoms with Crippen molar-refractivity contribution in [3.05, 3.63) is 11.6 Å². The summed E-state index contributed by atoms with van der Waals surface area (Å²) in [5.41, 5.74) is 1.42. The van der Waals surface area contributed by atoms with Gasteiger partial charge in [-0.15, -0.1) is 0 Å². The fraction of sp³-hybridized carbons (Fsp3) is 0.444. The fourth-order valence-electron chi connectivity index (χ4n) is 1.49. The monoisotopic (exact) mass is 241 g/mol. The Morgan fingerprint density at radius 3 is 3.00 bits per heavy atom. The molecule has 1 N–H and O–H groups in total. The van der Waals surface area contributed by atoms with E-state index in [1.165, 1.54) is 0 Å². The molecule has 2 heterocycles. The number of methoxy groups -OCH3 is 1. The Balaban J connectivity index is 2.51. The molecule has 0 fully saturated rings. The highest BCUT2D eigenvalue weighted by atomic mass is 35.5. The SMILES string of the molecule is CNc1nc(Cl)nc2ncn(CCOC)c12. The maximum Gasteiger partial charge on any atom is 0.226 e. The van der Waals surface area contributed by atoms with Gasteiger partial charge in [0, 0.05) is 20.7 Å². The molecule has 0 unspecified atom stereocenters. The largest absolute Gasteiger partial charge is 0.383 e. The molecule has 0 spiro atoms. The Labute approximate surface area is 97.6 Å². The maximum absolute atomic E-state index is 5.78. The van der Waals surface area contributed by atoms with Crippen molar-refractivity contribution < 1.29 is 4.74 Å². The summed E-state index contributed by atoms with van der Waals surface area (Å²) in [7, 11) is 3.44. The first-order valence-electron chi connectivity index (χ1n) is 4.81. The third-order valence-electron chi connectivity index (χ3n) is 2.22. The van der Waals surface area contributed by atoms with E-state index >= 15 is 0 Å². The summed E-state index contributed by atoms with van der Waals surface area (Å²) >= 11 is 5.78. The molecule has 2 aromatic rings. The molecular weight excluding hydrogens is 230 g/mol.